The molecule has 3 atom stereocenters. The van der Waals surface area contributed by atoms with Gasteiger partial charge in [-0.2, -0.15) is 0 Å². The number of amides is 1. The van der Waals surface area contributed by atoms with Crippen molar-refractivity contribution in [3.05, 3.63) is 35.9 Å². The Hall–Kier alpha value is -1.43. The Morgan fingerprint density at radius 2 is 2.21 bits per heavy atom. The minimum absolute atomic E-state index is 0.00232. The quantitative estimate of drug-likeness (QED) is 0.418. The maximum Gasteiger partial charge on any atom is 0.255 e. The molecule has 3 unspecified atom stereocenters. The average molecular weight is 263 g/mol. The van der Waals surface area contributed by atoms with E-state index in [9.17, 15) is 9.90 Å². The van der Waals surface area contributed by atoms with Gasteiger partial charge in [-0.15, -0.1) is 0 Å². The number of rotatable bonds is 4. The Balaban J connectivity index is 2.31. The third-order valence-electron chi connectivity index (χ3n) is 3.95. The molecule has 1 heterocycles. The van der Waals surface area contributed by atoms with E-state index in [1.54, 1.807) is 0 Å². The van der Waals surface area contributed by atoms with E-state index in [1.165, 1.54) is 0 Å². The number of hydrogen-bond donors (Lipinski definition) is 3. The van der Waals surface area contributed by atoms with E-state index >= 15 is 0 Å². The minimum Gasteiger partial charge on any atom is -0.395 e. The van der Waals surface area contributed by atoms with E-state index in [2.05, 4.69) is 12.3 Å². The lowest BCUT2D eigenvalue weighted by Gasteiger charge is -2.32. The molecular formula is C14H21N3O2. The summed E-state index contributed by atoms with van der Waals surface area (Å²) in [5.74, 6) is 5.45. The number of aliphatic hydroxyl groups is 1. The fourth-order valence-corrected chi connectivity index (χ4v) is 2.85. The van der Waals surface area contributed by atoms with E-state index in [4.69, 9.17) is 5.84 Å². The molecule has 19 heavy (non-hydrogen) atoms. The van der Waals surface area contributed by atoms with Crippen LogP contribution in [0.4, 0.5) is 0 Å². The Morgan fingerprint density at radius 3 is 2.79 bits per heavy atom. The molecule has 0 aliphatic carbocycles. The lowest BCUT2D eigenvalue weighted by molar-refractivity contribution is -0.127. The molecule has 104 valence electrons. The van der Waals surface area contributed by atoms with Gasteiger partial charge in [0.1, 0.15) is 6.04 Å². The van der Waals surface area contributed by atoms with Crippen LogP contribution in [0, 0.1) is 5.92 Å². The highest BCUT2D eigenvalue weighted by molar-refractivity contribution is 5.82. The molecule has 5 nitrogen and oxygen atoms in total. The number of hydrazine groups is 1. The smallest absolute Gasteiger partial charge is 0.255 e. The maximum absolute atomic E-state index is 12.1. The van der Waals surface area contributed by atoms with Gasteiger partial charge in [0.05, 0.1) is 6.61 Å². The topological polar surface area (TPSA) is 78.6 Å². The van der Waals surface area contributed by atoms with Crippen molar-refractivity contribution < 1.29 is 9.90 Å². The molecule has 0 aromatic heterocycles. The number of carbonyl (C=O) groups excluding carboxylic acids is 1. The van der Waals surface area contributed by atoms with Crippen molar-refractivity contribution >= 4 is 5.91 Å². The Morgan fingerprint density at radius 1 is 1.53 bits per heavy atom. The van der Waals surface area contributed by atoms with Crippen molar-refractivity contribution in [3.8, 4) is 0 Å². The highest BCUT2D eigenvalue weighted by Crippen LogP contribution is 2.32. The molecule has 5 heteroatoms. The summed E-state index contributed by atoms with van der Waals surface area (Å²) in [5.41, 5.74) is 3.14. The minimum atomic E-state index is -0.437. The molecule has 1 aliphatic rings. The summed E-state index contributed by atoms with van der Waals surface area (Å²) in [4.78, 5) is 14.2. The summed E-state index contributed by atoms with van der Waals surface area (Å²) < 4.78 is 0. The van der Waals surface area contributed by atoms with E-state index < -0.39 is 6.04 Å². The molecule has 0 spiro atoms. The number of carbonyl (C=O) groups is 1. The molecule has 1 aromatic rings. The van der Waals surface area contributed by atoms with Gasteiger partial charge in [-0.05, 0) is 24.4 Å². The first-order valence-corrected chi connectivity index (χ1v) is 6.61. The van der Waals surface area contributed by atoms with Crippen molar-refractivity contribution in [2.24, 2.45) is 11.8 Å². The number of nitrogens with one attached hydrogen (secondary N) is 1. The van der Waals surface area contributed by atoms with Gasteiger partial charge in [-0.1, -0.05) is 37.3 Å². The van der Waals surface area contributed by atoms with E-state index in [0.717, 1.165) is 18.5 Å². The van der Waals surface area contributed by atoms with Crippen LogP contribution in [0.3, 0.4) is 0 Å². The fraction of sp³-hybridized carbons (Fsp3) is 0.500. The second kappa shape index (κ2) is 6.14. The Kier molecular flexibility index (Phi) is 4.52. The highest BCUT2D eigenvalue weighted by Gasteiger charge is 2.38. The average Bonchev–Trinajstić information content (AvgIpc) is 2.81. The van der Waals surface area contributed by atoms with Crippen LogP contribution in [-0.2, 0) is 4.79 Å². The monoisotopic (exact) mass is 263 g/mol. The molecule has 1 aliphatic heterocycles. The Labute approximate surface area is 113 Å². The summed E-state index contributed by atoms with van der Waals surface area (Å²) in [6, 6.07) is 9.11. The van der Waals surface area contributed by atoms with Crippen LogP contribution < -0.4 is 11.3 Å². The SMILES string of the molecule is CC1CCN(C(C(=O)NN)c2ccccc2)C1CO. The molecule has 4 N–H and O–H groups in total. The van der Waals surface area contributed by atoms with Crippen LogP contribution in [0.25, 0.3) is 0 Å². The maximum atomic E-state index is 12.1. The number of likely N-dealkylation sites (tertiary alicyclic amines) is 1. The van der Waals surface area contributed by atoms with Crippen molar-refractivity contribution in [1.29, 1.82) is 0 Å². The van der Waals surface area contributed by atoms with Crippen LogP contribution in [0.15, 0.2) is 30.3 Å². The zero-order valence-corrected chi connectivity index (χ0v) is 11.1. The number of aliphatic hydroxyl groups excluding tert-OH is 1. The number of nitrogens with zero attached hydrogens (tertiary/aromatic N) is 1. The van der Waals surface area contributed by atoms with Crippen molar-refractivity contribution in [3.63, 3.8) is 0 Å². The fourth-order valence-electron chi connectivity index (χ4n) is 2.85. The zero-order chi connectivity index (χ0) is 13.8. The first-order valence-electron chi connectivity index (χ1n) is 6.61. The van der Waals surface area contributed by atoms with Crippen LogP contribution in [0.2, 0.25) is 0 Å². The number of hydrogen-bond acceptors (Lipinski definition) is 4. The van der Waals surface area contributed by atoms with Gasteiger partial charge in [-0.25, -0.2) is 5.84 Å². The summed E-state index contributed by atoms with van der Waals surface area (Å²) in [5, 5.41) is 9.55. The third kappa shape index (κ3) is 2.78. The number of benzene rings is 1. The first kappa shape index (κ1) is 14.0. The van der Waals surface area contributed by atoms with Gasteiger partial charge in [0.25, 0.3) is 5.91 Å². The van der Waals surface area contributed by atoms with Gasteiger partial charge in [-0.3, -0.25) is 15.1 Å². The van der Waals surface area contributed by atoms with E-state index in [-0.39, 0.29) is 18.6 Å². The van der Waals surface area contributed by atoms with Gasteiger partial charge < -0.3 is 5.11 Å². The van der Waals surface area contributed by atoms with Crippen molar-refractivity contribution in [2.75, 3.05) is 13.2 Å². The largest absolute Gasteiger partial charge is 0.395 e. The van der Waals surface area contributed by atoms with Gasteiger partial charge in [0, 0.05) is 6.04 Å². The molecule has 0 saturated carbocycles. The second-order valence-electron chi connectivity index (χ2n) is 5.08. The molecule has 1 saturated heterocycles. The molecule has 0 bridgehead atoms. The van der Waals surface area contributed by atoms with Gasteiger partial charge in [0.2, 0.25) is 0 Å². The molecule has 0 radical (unpaired) electrons. The summed E-state index contributed by atoms with van der Waals surface area (Å²) in [6.07, 6.45) is 0.979. The lowest BCUT2D eigenvalue weighted by atomic mass is 10.0. The first-order chi connectivity index (χ1) is 9.19. The van der Waals surface area contributed by atoms with E-state index in [1.807, 2.05) is 35.2 Å². The predicted octanol–water partition coefficient (Wildman–Crippen LogP) is 0.420. The standard InChI is InChI=1S/C14H21N3O2/c1-10-7-8-17(12(10)9-18)13(14(19)16-15)11-5-3-2-4-6-11/h2-6,10,12-13,18H,7-9,15H2,1H3,(H,16,19). The summed E-state index contributed by atoms with van der Waals surface area (Å²) in [6.45, 7) is 2.95. The van der Waals surface area contributed by atoms with Crippen molar-refractivity contribution in [2.45, 2.75) is 25.4 Å². The van der Waals surface area contributed by atoms with Gasteiger partial charge >= 0.3 is 0 Å². The summed E-state index contributed by atoms with van der Waals surface area (Å²) >= 11 is 0. The second-order valence-corrected chi connectivity index (χ2v) is 5.08. The third-order valence-corrected chi connectivity index (χ3v) is 3.95. The summed E-state index contributed by atoms with van der Waals surface area (Å²) in [7, 11) is 0. The highest BCUT2D eigenvalue weighted by atomic mass is 16.3. The lowest BCUT2D eigenvalue weighted by Crippen LogP contribution is -2.47. The normalized spacial score (nSPS) is 25.2. The van der Waals surface area contributed by atoms with Crippen LogP contribution in [0.5, 0.6) is 0 Å². The van der Waals surface area contributed by atoms with Crippen LogP contribution >= 0.6 is 0 Å². The number of nitrogens with two attached hydrogens (primary N) is 1. The predicted molar refractivity (Wildman–Crippen MR) is 72.9 cm³/mol. The Bertz CT molecular complexity index is 424. The molecule has 1 aromatic carbocycles. The van der Waals surface area contributed by atoms with Crippen LogP contribution in [0.1, 0.15) is 24.9 Å². The van der Waals surface area contributed by atoms with Crippen molar-refractivity contribution in [1.82, 2.24) is 10.3 Å². The van der Waals surface area contributed by atoms with Gasteiger partial charge in [0.15, 0.2) is 0 Å². The molecular weight excluding hydrogens is 242 g/mol. The molecule has 2 rings (SSSR count). The molecule has 1 fully saturated rings. The van der Waals surface area contributed by atoms with E-state index in [0.29, 0.717) is 5.92 Å². The molecule has 1 amide bonds. The van der Waals surface area contributed by atoms with Crippen LogP contribution in [-0.4, -0.2) is 35.1 Å². The zero-order valence-electron chi connectivity index (χ0n) is 11.1.